The van der Waals surface area contributed by atoms with E-state index in [2.05, 4.69) is 19.6 Å². The van der Waals surface area contributed by atoms with E-state index in [4.69, 9.17) is 22.9 Å². The normalized spacial score (nSPS) is 20.4. The molecule has 0 aromatic rings. The molecule has 0 saturated carbocycles. The maximum atomic E-state index is 5.79. The van der Waals surface area contributed by atoms with Gasteiger partial charge in [-0.2, -0.15) is 0 Å². The first kappa shape index (κ1) is 27.7. The molecule has 1 fully saturated rings. The average molecular weight is 429 g/mol. The van der Waals surface area contributed by atoms with Gasteiger partial charge in [0.25, 0.3) is 0 Å². The minimum Gasteiger partial charge on any atom is -0.330 e. The highest BCUT2D eigenvalue weighted by molar-refractivity contribution is 4.71. The standard InChI is InChI=1S/C22H52N8/c23-7-1-11-27-15-5-16-29(13-3-9-25)21-22-30(14-4-10-26)18-6-17-28(20-19-27)12-2-8-24/h1-26H2. The van der Waals surface area contributed by atoms with Crippen molar-refractivity contribution in [2.24, 2.45) is 22.9 Å². The molecule has 8 heteroatoms. The van der Waals surface area contributed by atoms with Crippen LogP contribution in [0.1, 0.15) is 38.5 Å². The lowest BCUT2D eigenvalue weighted by Crippen LogP contribution is -2.42. The van der Waals surface area contributed by atoms with Crippen molar-refractivity contribution < 1.29 is 0 Å². The van der Waals surface area contributed by atoms with Gasteiger partial charge in [0.1, 0.15) is 0 Å². The summed E-state index contributed by atoms with van der Waals surface area (Å²) in [6.45, 7) is 16.7. The Hall–Kier alpha value is -0.320. The zero-order valence-corrected chi connectivity index (χ0v) is 19.7. The molecule has 0 aliphatic carbocycles. The van der Waals surface area contributed by atoms with Gasteiger partial charge in [-0.1, -0.05) is 0 Å². The molecule has 8 nitrogen and oxygen atoms in total. The molecule has 0 aromatic carbocycles. The summed E-state index contributed by atoms with van der Waals surface area (Å²) in [5.41, 5.74) is 23.2. The predicted molar refractivity (Wildman–Crippen MR) is 130 cm³/mol. The summed E-state index contributed by atoms with van der Waals surface area (Å²) in [5.74, 6) is 0. The van der Waals surface area contributed by atoms with E-state index in [0.717, 1.165) is 130 Å². The lowest BCUT2D eigenvalue weighted by Gasteiger charge is -2.32. The molecule has 180 valence electrons. The average Bonchev–Trinajstić information content (AvgIpc) is 2.76. The Kier molecular flexibility index (Phi) is 17.9. The summed E-state index contributed by atoms with van der Waals surface area (Å²) in [6, 6.07) is 0. The summed E-state index contributed by atoms with van der Waals surface area (Å²) >= 11 is 0. The molecule has 1 rings (SSSR count). The first-order valence-corrected chi connectivity index (χ1v) is 12.4. The molecule has 8 N–H and O–H groups in total. The van der Waals surface area contributed by atoms with Crippen LogP contribution >= 0.6 is 0 Å². The van der Waals surface area contributed by atoms with Crippen molar-refractivity contribution in [1.29, 1.82) is 0 Å². The summed E-state index contributed by atoms with van der Waals surface area (Å²) in [4.78, 5) is 10.5. The Morgan fingerprint density at radius 3 is 0.800 bits per heavy atom. The molecule has 1 saturated heterocycles. The molecule has 0 aromatic heterocycles. The number of nitrogens with zero attached hydrogens (tertiary/aromatic N) is 4. The summed E-state index contributed by atoms with van der Waals surface area (Å²) in [7, 11) is 0. The van der Waals surface area contributed by atoms with E-state index in [9.17, 15) is 0 Å². The van der Waals surface area contributed by atoms with Crippen molar-refractivity contribution in [2.45, 2.75) is 38.5 Å². The van der Waals surface area contributed by atoms with Gasteiger partial charge in [-0.05, 0) is 117 Å². The minimum absolute atomic E-state index is 0.772. The maximum absolute atomic E-state index is 5.79. The van der Waals surface area contributed by atoms with Crippen LogP contribution in [0.15, 0.2) is 0 Å². The fourth-order valence-electron chi connectivity index (χ4n) is 4.20. The fourth-order valence-corrected chi connectivity index (χ4v) is 4.20. The van der Waals surface area contributed by atoms with Gasteiger partial charge in [-0.25, -0.2) is 0 Å². The van der Waals surface area contributed by atoms with Crippen LogP contribution < -0.4 is 22.9 Å². The Morgan fingerprint density at radius 1 is 0.367 bits per heavy atom. The molecule has 0 unspecified atom stereocenters. The van der Waals surface area contributed by atoms with Gasteiger partial charge in [0, 0.05) is 26.2 Å². The van der Waals surface area contributed by atoms with Gasteiger partial charge in [-0.3, -0.25) is 0 Å². The smallest absolute Gasteiger partial charge is 0.0109 e. The van der Waals surface area contributed by atoms with E-state index in [1.165, 1.54) is 12.8 Å². The third kappa shape index (κ3) is 13.9. The number of rotatable bonds is 12. The van der Waals surface area contributed by atoms with Gasteiger partial charge in [-0.15, -0.1) is 0 Å². The van der Waals surface area contributed by atoms with E-state index < -0.39 is 0 Å². The van der Waals surface area contributed by atoms with Gasteiger partial charge in [0.05, 0.1) is 0 Å². The highest BCUT2D eigenvalue weighted by atomic mass is 15.2. The van der Waals surface area contributed by atoms with Gasteiger partial charge < -0.3 is 42.5 Å². The van der Waals surface area contributed by atoms with Gasteiger partial charge >= 0.3 is 0 Å². The van der Waals surface area contributed by atoms with E-state index >= 15 is 0 Å². The molecule has 1 heterocycles. The second-order valence-corrected chi connectivity index (χ2v) is 8.64. The Bertz CT molecular complexity index is 305. The van der Waals surface area contributed by atoms with Crippen molar-refractivity contribution >= 4 is 0 Å². The SMILES string of the molecule is NCCCN1CCCN(CCCN)CCN(CCCN)CCCN(CCCN)CC1. The van der Waals surface area contributed by atoms with E-state index in [1.807, 2.05) is 0 Å². The highest BCUT2D eigenvalue weighted by Crippen LogP contribution is 2.05. The van der Waals surface area contributed by atoms with Crippen molar-refractivity contribution in [1.82, 2.24) is 19.6 Å². The Labute approximate surface area is 186 Å². The van der Waals surface area contributed by atoms with Crippen LogP contribution in [-0.4, -0.2) is 124 Å². The zero-order chi connectivity index (χ0) is 21.9. The van der Waals surface area contributed by atoms with Crippen LogP contribution in [0.5, 0.6) is 0 Å². The minimum atomic E-state index is 0.772. The van der Waals surface area contributed by atoms with Crippen LogP contribution in [0.25, 0.3) is 0 Å². The second-order valence-electron chi connectivity index (χ2n) is 8.64. The number of nitrogens with two attached hydrogens (primary N) is 4. The second kappa shape index (κ2) is 19.4. The van der Waals surface area contributed by atoms with Crippen molar-refractivity contribution in [3.05, 3.63) is 0 Å². The van der Waals surface area contributed by atoms with Crippen molar-refractivity contribution in [3.63, 3.8) is 0 Å². The third-order valence-corrected chi connectivity index (χ3v) is 6.08. The quantitative estimate of drug-likeness (QED) is 0.325. The first-order valence-electron chi connectivity index (χ1n) is 12.4. The predicted octanol–water partition coefficient (Wildman–Crippen LogP) is -0.617. The summed E-state index contributed by atoms with van der Waals surface area (Å²) in [5, 5.41) is 0. The lowest BCUT2D eigenvalue weighted by atomic mass is 10.2. The monoisotopic (exact) mass is 428 g/mol. The van der Waals surface area contributed by atoms with Crippen LogP contribution in [-0.2, 0) is 0 Å². The Balaban J connectivity index is 2.72. The third-order valence-electron chi connectivity index (χ3n) is 6.08. The molecular weight excluding hydrogens is 376 g/mol. The molecule has 0 spiro atoms. The Morgan fingerprint density at radius 2 is 0.600 bits per heavy atom. The van der Waals surface area contributed by atoms with Crippen molar-refractivity contribution in [2.75, 3.05) is 105 Å². The van der Waals surface area contributed by atoms with Crippen LogP contribution in [0.2, 0.25) is 0 Å². The first-order chi connectivity index (χ1) is 14.7. The number of hydrogen-bond donors (Lipinski definition) is 4. The molecule has 1 aliphatic rings. The highest BCUT2D eigenvalue weighted by Gasteiger charge is 2.14. The largest absolute Gasteiger partial charge is 0.330 e. The molecular formula is C22H52N8. The molecule has 0 radical (unpaired) electrons. The molecule has 0 amide bonds. The van der Waals surface area contributed by atoms with Gasteiger partial charge in [0.15, 0.2) is 0 Å². The maximum Gasteiger partial charge on any atom is 0.0109 e. The number of hydrogen-bond acceptors (Lipinski definition) is 8. The molecule has 0 bridgehead atoms. The molecule has 1 aliphatic heterocycles. The molecule has 0 atom stereocenters. The van der Waals surface area contributed by atoms with E-state index in [-0.39, 0.29) is 0 Å². The summed E-state index contributed by atoms with van der Waals surface area (Å²) < 4.78 is 0. The van der Waals surface area contributed by atoms with Crippen LogP contribution in [0, 0.1) is 0 Å². The van der Waals surface area contributed by atoms with E-state index in [0.29, 0.717) is 0 Å². The van der Waals surface area contributed by atoms with Crippen molar-refractivity contribution in [3.8, 4) is 0 Å². The van der Waals surface area contributed by atoms with Crippen LogP contribution in [0.3, 0.4) is 0 Å². The molecule has 30 heavy (non-hydrogen) atoms. The summed E-state index contributed by atoms with van der Waals surface area (Å²) in [6.07, 6.45) is 6.73. The van der Waals surface area contributed by atoms with Gasteiger partial charge in [0.2, 0.25) is 0 Å². The topological polar surface area (TPSA) is 117 Å². The van der Waals surface area contributed by atoms with Crippen LogP contribution in [0.4, 0.5) is 0 Å². The lowest BCUT2D eigenvalue weighted by molar-refractivity contribution is 0.157. The zero-order valence-electron chi connectivity index (χ0n) is 19.7. The fraction of sp³-hybridized carbons (Fsp3) is 1.00. The van der Waals surface area contributed by atoms with E-state index in [1.54, 1.807) is 0 Å².